The molecule has 0 aliphatic heterocycles. The van der Waals surface area contributed by atoms with Crippen LogP contribution in [0.15, 0.2) is 42.5 Å². The summed E-state index contributed by atoms with van der Waals surface area (Å²) >= 11 is 0. The Kier molecular flexibility index (Phi) is 7.32. The van der Waals surface area contributed by atoms with Crippen LogP contribution in [-0.2, 0) is 4.74 Å². The molecule has 0 unspecified atom stereocenters. The number of rotatable bonds is 9. The first-order valence-electron chi connectivity index (χ1n) is 8.44. The van der Waals surface area contributed by atoms with Crippen molar-refractivity contribution in [2.24, 2.45) is 0 Å². The lowest BCUT2D eigenvalue weighted by Gasteiger charge is -2.08. The molecule has 2 rings (SSSR count). The van der Waals surface area contributed by atoms with Crippen molar-refractivity contribution in [2.45, 2.75) is 6.42 Å². The highest BCUT2D eigenvalue weighted by molar-refractivity contribution is 6.05. The molecule has 0 aliphatic rings. The second kappa shape index (κ2) is 9.90. The van der Waals surface area contributed by atoms with Crippen LogP contribution in [-0.4, -0.2) is 41.9 Å². The number of non-ortho nitro benzene ring substituents is 2. The number of carbonyl (C=O) groups excluding carboxylic acids is 2. The first kappa shape index (κ1) is 21.4. The van der Waals surface area contributed by atoms with Crippen LogP contribution in [0.5, 0.6) is 0 Å². The molecule has 0 atom stereocenters. The molecule has 2 amide bonds. The number of hydrogen-bond donors (Lipinski definition) is 2. The number of carbonyl (C=O) groups is 2. The van der Waals surface area contributed by atoms with E-state index >= 15 is 0 Å². The molecular weight excluding hydrogens is 384 g/mol. The van der Waals surface area contributed by atoms with Crippen molar-refractivity contribution in [2.75, 3.05) is 25.6 Å². The van der Waals surface area contributed by atoms with Crippen molar-refractivity contribution < 1.29 is 24.2 Å². The Morgan fingerprint density at radius 2 is 1.52 bits per heavy atom. The molecule has 2 aromatic carbocycles. The molecule has 152 valence electrons. The van der Waals surface area contributed by atoms with Crippen LogP contribution in [0.4, 0.5) is 17.1 Å². The van der Waals surface area contributed by atoms with Crippen molar-refractivity contribution in [1.82, 2.24) is 5.32 Å². The number of methoxy groups -OCH3 is 1. The van der Waals surface area contributed by atoms with Crippen LogP contribution in [0.2, 0.25) is 0 Å². The largest absolute Gasteiger partial charge is 0.385 e. The lowest BCUT2D eigenvalue weighted by Crippen LogP contribution is -2.25. The van der Waals surface area contributed by atoms with Crippen molar-refractivity contribution in [3.63, 3.8) is 0 Å². The summed E-state index contributed by atoms with van der Waals surface area (Å²) in [4.78, 5) is 44.6. The third-order valence-electron chi connectivity index (χ3n) is 3.80. The van der Waals surface area contributed by atoms with Gasteiger partial charge in [0.2, 0.25) is 0 Å². The van der Waals surface area contributed by atoms with E-state index in [0.717, 1.165) is 18.2 Å². The number of hydrogen-bond acceptors (Lipinski definition) is 7. The van der Waals surface area contributed by atoms with Gasteiger partial charge in [-0.25, -0.2) is 0 Å². The quantitative estimate of drug-likeness (QED) is 0.371. The highest BCUT2D eigenvalue weighted by Gasteiger charge is 2.20. The van der Waals surface area contributed by atoms with Crippen LogP contribution in [0.3, 0.4) is 0 Å². The predicted molar refractivity (Wildman–Crippen MR) is 103 cm³/mol. The maximum atomic E-state index is 12.3. The fourth-order valence-electron chi connectivity index (χ4n) is 2.37. The van der Waals surface area contributed by atoms with Gasteiger partial charge in [-0.3, -0.25) is 29.8 Å². The zero-order chi connectivity index (χ0) is 21.4. The molecule has 0 aromatic heterocycles. The number of anilines is 1. The fraction of sp³-hybridized carbons (Fsp3) is 0.222. The number of amides is 2. The smallest absolute Gasteiger partial charge is 0.277 e. The summed E-state index contributed by atoms with van der Waals surface area (Å²) in [5, 5.41) is 27.1. The average Bonchev–Trinajstić information content (AvgIpc) is 2.71. The minimum Gasteiger partial charge on any atom is -0.385 e. The number of nitro groups is 2. The van der Waals surface area contributed by atoms with Gasteiger partial charge in [0.15, 0.2) is 0 Å². The fourth-order valence-corrected chi connectivity index (χ4v) is 2.37. The molecule has 11 nitrogen and oxygen atoms in total. The molecule has 0 saturated carbocycles. The Hall–Kier alpha value is -3.86. The number of nitrogens with one attached hydrogen (secondary N) is 2. The Morgan fingerprint density at radius 1 is 0.931 bits per heavy atom. The molecule has 2 aromatic rings. The summed E-state index contributed by atoms with van der Waals surface area (Å²) in [5.74, 6) is -1.04. The third-order valence-corrected chi connectivity index (χ3v) is 3.80. The normalized spacial score (nSPS) is 10.2. The summed E-state index contributed by atoms with van der Waals surface area (Å²) in [5.41, 5.74) is -0.660. The van der Waals surface area contributed by atoms with Gasteiger partial charge in [-0.1, -0.05) is 0 Å². The maximum absolute atomic E-state index is 12.3. The SMILES string of the molecule is COCCCNC(=O)c1ccc(NC(=O)c2cc([N+](=O)[O-])cc([N+](=O)[O-])c2)cc1. The van der Waals surface area contributed by atoms with E-state index in [1.54, 1.807) is 7.11 Å². The molecular formula is C18H18N4O7. The lowest BCUT2D eigenvalue weighted by molar-refractivity contribution is -0.394. The van der Waals surface area contributed by atoms with E-state index in [-0.39, 0.29) is 11.5 Å². The van der Waals surface area contributed by atoms with E-state index in [4.69, 9.17) is 4.74 Å². The number of nitro benzene ring substituents is 2. The topological polar surface area (TPSA) is 154 Å². The van der Waals surface area contributed by atoms with E-state index in [0.29, 0.717) is 30.8 Å². The van der Waals surface area contributed by atoms with Gasteiger partial charge in [0.25, 0.3) is 23.2 Å². The average molecular weight is 402 g/mol. The Morgan fingerprint density at radius 3 is 2.03 bits per heavy atom. The summed E-state index contributed by atoms with van der Waals surface area (Å²) < 4.78 is 4.89. The van der Waals surface area contributed by atoms with Crippen LogP contribution in [0, 0.1) is 20.2 Å². The van der Waals surface area contributed by atoms with E-state index in [1.165, 1.54) is 24.3 Å². The molecule has 0 heterocycles. The summed E-state index contributed by atoms with van der Waals surface area (Å²) in [6, 6.07) is 8.63. The van der Waals surface area contributed by atoms with E-state index < -0.39 is 27.1 Å². The molecule has 0 fully saturated rings. The van der Waals surface area contributed by atoms with Crippen molar-refractivity contribution in [3.8, 4) is 0 Å². The van der Waals surface area contributed by atoms with Gasteiger partial charge in [-0.2, -0.15) is 0 Å². The highest BCUT2D eigenvalue weighted by atomic mass is 16.6. The minimum atomic E-state index is -0.816. The first-order chi connectivity index (χ1) is 13.8. The lowest BCUT2D eigenvalue weighted by atomic mass is 10.1. The molecule has 0 aliphatic carbocycles. The summed E-state index contributed by atoms with van der Waals surface area (Å²) in [6.07, 6.45) is 0.672. The van der Waals surface area contributed by atoms with Gasteiger partial charge in [0, 0.05) is 43.6 Å². The Bertz CT molecular complexity index is 896. The summed E-state index contributed by atoms with van der Waals surface area (Å²) in [6.45, 7) is 0.984. The molecule has 2 N–H and O–H groups in total. The van der Waals surface area contributed by atoms with Crippen LogP contribution in [0.1, 0.15) is 27.1 Å². The van der Waals surface area contributed by atoms with Gasteiger partial charge in [-0.05, 0) is 30.7 Å². The molecule has 0 spiro atoms. The molecule has 0 radical (unpaired) electrons. The van der Waals surface area contributed by atoms with Gasteiger partial charge < -0.3 is 15.4 Å². The number of benzene rings is 2. The third kappa shape index (κ3) is 6.07. The standard InChI is InChI=1S/C18H18N4O7/c1-29-8-2-7-19-17(23)12-3-5-14(6-4-12)20-18(24)13-9-15(21(25)26)11-16(10-13)22(27)28/h3-6,9-11H,2,7-8H2,1H3,(H,19,23)(H,20,24). The number of ether oxygens (including phenoxy) is 1. The van der Waals surface area contributed by atoms with Gasteiger partial charge in [0.05, 0.1) is 21.5 Å². The van der Waals surface area contributed by atoms with Crippen molar-refractivity contribution in [1.29, 1.82) is 0 Å². The van der Waals surface area contributed by atoms with Gasteiger partial charge in [0.1, 0.15) is 0 Å². The van der Waals surface area contributed by atoms with Gasteiger partial charge in [-0.15, -0.1) is 0 Å². The predicted octanol–water partition coefficient (Wildman–Crippen LogP) is 2.52. The Labute approximate surface area is 165 Å². The first-order valence-corrected chi connectivity index (χ1v) is 8.44. The second-order valence-corrected chi connectivity index (χ2v) is 5.89. The second-order valence-electron chi connectivity index (χ2n) is 5.89. The molecule has 0 bridgehead atoms. The van der Waals surface area contributed by atoms with Crippen LogP contribution in [0.25, 0.3) is 0 Å². The van der Waals surface area contributed by atoms with E-state index in [9.17, 15) is 29.8 Å². The summed E-state index contributed by atoms with van der Waals surface area (Å²) in [7, 11) is 1.57. The minimum absolute atomic E-state index is 0.231. The van der Waals surface area contributed by atoms with E-state index in [2.05, 4.69) is 10.6 Å². The molecule has 0 saturated heterocycles. The zero-order valence-corrected chi connectivity index (χ0v) is 15.4. The van der Waals surface area contributed by atoms with Gasteiger partial charge >= 0.3 is 0 Å². The monoisotopic (exact) mass is 402 g/mol. The van der Waals surface area contributed by atoms with Crippen molar-refractivity contribution >= 4 is 28.9 Å². The molecule has 11 heteroatoms. The maximum Gasteiger partial charge on any atom is 0.277 e. The van der Waals surface area contributed by atoms with Crippen molar-refractivity contribution in [3.05, 3.63) is 73.8 Å². The van der Waals surface area contributed by atoms with Crippen LogP contribution >= 0.6 is 0 Å². The molecule has 29 heavy (non-hydrogen) atoms. The number of nitrogens with zero attached hydrogens (tertiary/aromatic N) is 2. The van der Waals surface area contributed by atoms with Crippen LogP contribution < -0.4 is 10.6 Å². The highest BCUT2D eigenvalue weighted by Crippen LogP contribution is 2.23. The Balaban J connectivity index is 2.08. The van der Waals surface area contributed by atoms with E-state index in [1.807, 2.05) is 0 Å². The zero-order valence-electron chi connectivity index (χ0n) is 15.4.